The number of nitrogens with one attached hydrogen (secondary N) is 2. The van der Waals surface area contributed by atoms with E-state index in [-0.39, 0.29) is 10.7 Å². The van der Waals surface area contributed by atoms with Gasteiger partial charge in [-0.15, -0.1) is 0 Å². The first kappa shape index (κ1) is 16.3. The largest absolute Gasteiger partial charge is 0.383 e. The van der Waals surface area contributed by atoms with E-state index >= 15 is 0 Å². The Balaban J connectivity index is 2.10. The Hall–Kier alpha value is -2.06. The molecule has 0 amide bonds. The zero-order chi connectivity index (χ0) is 16.2. The summed E-state index contributed by atoms with van der Waals surface area (Å²) in [4.78, 5) is 0.0785. The Morgan fingerprint density at radius 2 is 1.82 bits per heavy atom. The van der Waals surface area contributed by atoms with Gasteiger partial charge >= 0.3 is 0 Å². The maximum Gasteiger partial charge on any atom is 0.267 e. The van der Waals surface area contributed by atoms with Crippen molar-refractivity contribution in [1.29, 1.82) is 0 Å². The first-order chi connectivity index (χ1) is 10.4. The molecule has 0 unspecified atom stereocenters. The number of aromatic nitrogens is 1. The van der Waals surface area contributed by atoms with E-state index in [1.807, 2.05) is 0 Å². The van der Waals surface area contributed by atoms with Crippen molar-refractivity contribution >= 4 is 21.4 Å². The third-order valence-electron chi connectivity index (χ3n) is 3.01. The van der Waals surface area contributed by atoms with Crippen LogP contribution < -0.4 is 10.0 Å². The van der Waals surface area contributed by atoms with Gasteiger partial charge in [0.25, 0.3) is 10.0 Å². The standard InChI is InChI=1S/C14H19N3O4S/c1-10-14(11(2)21-16-10)22(18,19)17-13-6-4-12(5-7-13)15-8-9-20-3/h4-7,15,17H,8-9H2,1-3H3. The summed E-state index contributed by atoms with van der Waals surface area (Å²) < 4.78 is 37.1. The van der Waals surface area contributed by atoms with Crippen molar-refractivity contribution in [2.45, 2.75) is 18.7 Å². The van der Waals surface area contributed by atoms with E-state index in [0.29, 0.717) is 24.5 Å². The number of nitrogens with zero attached hydrogens (tertiary/aromatic N) is 1. The van der Waals surface area contributed by atoms with E-state index in [9.17, 15) is 8.42 Å². The van der Waals surface area contributed by atoms with Crippen LogP contribution in [0.5, 0.6) is 0 Å². The summed E-state index contributed by atoms with van der Waals surface area (Å²) in [5.74, 6) is 0.267. The van der Waals surface area contributed by atoms with Gasteiger partial charge in [0.05, 0.1) is 6.61 Å². The minimum Gasteiger partial charge on any atom is -0.383 e. The maximum absolute atomic E-state index is 12.4. The number of hydrogen-bond acceptors (Lipinski definition) is 6. The fourth-order valence-electron chi connectivity index (χ4n) is 2.02. The molecule has 0 saturated heterocycles. The van der Waals surface area contributed by atoms with E-state index in [4.69, 9.17) is 9.26 Å². The van der Waals surface area contributed by atoms with E-state index in [0.717, 1.165) is 5.69 Å². The van der Waals surface area contributed by atoms with Gasteiger partial charge < -0.3 is 14.6 Å². The number of benzene rings is 1. The first-order valence-corrected chi connectivity index (χ1v) is 8.21. The summed E-state index contributed by atoms with van der Waals surface area (Å²) in [6, 6.07) is 6.96. The molecule has 2 N–H and O–H groups in total. The SMILES string of the molecule is COCCNc1ccc(NS(=O)(=O)c2c(C)noc2C)cc1. The van der Waals surface area contributed by atoms with Gasteiger partial charge in [0.1, 0.15) is 5.69 Å². The summed E-state index contributed by atoms with van der Waals surface area (Å²) >= 11 is 0. The highest BCUT2D eigenvalue weighted by atomic mass is 32.2. The molecule has 0 bridgehead atoms. The molecule has 0 aliphatic carbocycles. The normalized spacial score (nSPS) is 11.4. The van der Waals surface area contributed by atoms with Crippen molar-refractivity contribution in [3.63, 3.8) is 0 Å². The van der Waals surface area contributed by atoms with E-state index in [1.54, 1.807) is 45.2 Å². The minimum absolute atomic E-state index is 0.0785. The number of ether oxygens (including phenoxy) is 1. The smallest absolute Gasteiger partial charge is 0.267 e. The number of aryl methyl sites for hydroxylation is 2. The Morgan fingerprint density at radius 3 is 2.36 bits per heavy atom. The number of hydrogen-bond donors (Lipinski definition) is 2. The van der Waals surface area contributed by atoms with Crippen LogP contribution >= 0.6 is 0 Å². The Morgan fingerprint density at radius 1 is 1.18 bits per heavy atom. The molecule has 0 saturated carbocycles. The second kappa shape index (κ2) is 6.80. The molecule has 0 spiro atoms. The average molecular weight is 325 g/mol. The summed E-state index contributed by atoms with van der Waals surface area (Å²) in [5, 5.41) is 6.82. The quantitative estimate of drug-likeness (QED) is 0.758. The molecule has 0 aliphatic heterocycles. The molecule has 2 rings (SSSR count). The highest BCUT2D eigenvalue weighted by Gasteiger charge is 2.24. The minimum atomic E-state index is -3.71. The first-order valence-electron chi connectivity index (χ1n) is 6.72. The second-order valence-corrected chi connectivity index (χ2v) is 6.37. The molecule has 1 aromatic carbocycles. The summed E-state index contributed by atoms with van der Waals surface area (Å²) in [6.07, 6.45) is 0. The van der Waals surface area contributed by atoms with Gasteiger partial charge in [0.15, 0.2) is 10.7 Å². The lowest BCUT2D eigenvalue weighted by molar-refractivity contribution is 0.211. The monoisotopic (exact) mass is 325 g/mol. The Kier molecular flexibility index (Phi) is 5.04. The van der Waals surface area contributed by atoms with Gasteiger partial charge in [0, 0.05) is 25.0 Å². The molecule has 120 valence electrons. The molecule has 1 aromatic heterocycles. The van der Waals surface area contributed by atoms with Crippen LogP contribution in [0.4, 0.5) is 11.4 Å². The summed E-state index contributed by atoms with van der Waals surface area (Å²) in [7, 11) is -2.08. The van der Waals surface area contributed by atoms with Gasteiger partial charge in [-0.05, 0) is 38.1 Å². The molecule has 1 heterocycles. The van der Waals surface area contributed by atoms with Gasteiger partial charge in [0.2, 0.25) is 0 Å². The lowest BCUT2D eigenvalue weighted by Gasteiger charge is -2.09. The Bertz CT molecular complexity index is 704. The van der Waals surface area contributed by atoms with Crippen LogP contribution in [0.2, 0.25) is 0 Å². The van der Waals surface area contributed by atoms with Gasteiger partial charge in [-0.25, -0.2) is 8.42 Å². The molecule has 0 atom stereocenters. The van der Waals surface area contributed by atoms with E-state index in [2.05, 4.69) is 15.2 Å². The van der Waals surface area contributed by atoms with Crippen LogP contribution in [-0.4, -0.2) is 33.8 Å². The van der Waals surface area contributed by atoms with E-state index < -0.39 is 10.0 Å². The van der Waals surface area contributed by atoms with Crippen molar-refractivity contribution in [2.24, 2.45) is 0 Å². The van der Waals surface area contributed by atoms with Crippen LogP contribution in [-0.2, 0) is 14.8 Å². The summed E-state index contributed by atoms with van der Waals surface area (Å²) in [5.41, 5.74) is 1.69. The van der Waals surface area contributed by atoms with Crippen molar-refractivity contribution in [2.75, 3.05) is 30.3 Å². The molecule has 0 radical (unpaired) electrons. The zero-order valence-electron chi connectivity index (χ0n) is 12.7. The molecule has 7 nitrogen and oxygen atoms in total. The van der Waals surface area contributed by atoms with Crippen molar-refractivity contribution in [3.8, 4) is 0 Å². The average Bonchev–Trinajstić information content (AvgIpc) is 2.81. The zero-order valence-corrected chi connectivity index (χ0v) is 13.5. The maximum atomic E-state index is 12.4. The lowest BCUT2D eigenvalue weighted by atomic mass is 10.3. The predicted octanol–water partition coefficient (Wildman–Crippen LogP) is 2.15. The fraction of sp³-hybridized carbons (Fsp3) is 0.357. The molecule has 8 heteroatoms. The molecule has 2 aromatic rings. The van der Waals surface area contributed by atoms with Gasteiger partial charge in [-0.1, -0.05) is 5.16 Å². The molecular weight excluding hydrogens is 306 g/mol. The molecule has 0 aliphatic rings. The molecule has 0 fully saturated rings. The number of anilines is 2. The van der Waals surface area contributed by atoms with E-state index in [1.165, 1.54) is 0 Å². The number of sulfonamides is 1. The lowest BCUT2D eigenvalue weighted by Crippen LogP contribution is -2.14. The third kappa shape index (κ3) is 3.77. The van der Waals surface area contributed by atoms with Crippen LogP contribution in [0.3, 0.4) is 0 Å². The van der Waals surface area contributed by atoms with Crippen LogP contribution in [0, 0.1) is 13.8 Å². The highest BCUT2D eigenvalue weighted by molar-refractivity contribution is 7.92. The third-order valence-corrected chi connectivity index (χ3v) is 4.63. The molecule has 22 heavy (non-hydrogen) atoms. The summed E-state index contributed by atoms with van der Waals surface area (Å²) in [6.45, 7) is 4.44. The molecular formula is C14H19N3O4S. The number of rotatable bonds is 7. The van der Waals surface area contributed by atoms with Crippen molar-refractivity contribution in [1.82, 2.24) is 5.16 Å². The van der Waals surface area contributed by atoms with Crippen LogP contribution in [0.15, 0.2) is 33.7 Å². The van der Waals surface area contributed by atoms with Gasteiger partial charge in [-0.3, -0.25) is 4.72 Å². The topological polar surface area (TPSA) is 93.5 Å². The fourth-order valence-corrected chi connectivity index (χ4v) is 3.41. The number of methoxy groups -OCH3 is 1. The van der Waals surface area contributed by atoms with Gasteiger partial charge in [-0.2, -0.15) is 0 Å². The van der Waals surface area contributed by atoms with Crippen molar-refractivity contribution < 1.29 is 17.7 Å². The Labute approximate surface area is 129 Å². The highest BCUT2D eigenvalue weighted by Crippen LogP contribution is 2.23. The second-order valence-electron chi connectivity index (χ2n) is 4.76. The van der Waals surface area contributed by atoms with Crippen LogP contribution in [0.1, 0.15) is 11.5 Å². The predicted molar refractivity (Wildman–Crippen MR) is 83.6 cm³/mol. The van der Waals surface area contributed by atoms with Crippen molar-refractivity contribution in [3.05, 3.63) is 35.7 Å². The van der Waals surface area contributed by atoms with Crippen LogP contribution in [0.25, 0.3) is 0 Å².